The number of phenols is 2. The van der Waals surface area contributed by atoms with Crippen LogP contribution in [0, 0.1) is 10.8 Å². The second-order valence-electron chi connectivity index (χ2n) is 11.5. The molecule has 0 radical (unpaired) electrons. The third kappa shape index (κ3) is 16.9. The van der Waals surface area contributed by atoms with E-state index in [9.17, 15) is 10.2 Å². The summed E-state index contributed by atoms with van der Waals surface area (Å²) in [5, 5.41) is 18.6. The molecule has 0 spiro atoms. The van der Waals surface area contributed by atoms with Gasteiger partial charge in [-0.3, -0.25) is 0 Å². The van der Waals surface area contributed by atoms with E-state index in [4.69, 9.17) is 29.4 Å². The SMILES string of the molecule is CC(C)(C)C[P+](O)(O)O.CC(C)(C)C[P+](O)(O)O.CC(C)(c1ccc(O)cc1)c1ccc(O)cc1. The smallest absolute Gasteiger partial charge is 0.404 e. The Morgan fingerprint density at radius 1 is 0.486 bits per heavy atom. The highest BCUT2D eigenvalue weighted by Gasteiger charge is 2.36. The van der Waals surface area contributed by atoms with Gasteiger partial charge in [-0.15, -0.1) is 0 Å². The van der Waals surface area contributed by atoms with Crippen LogP contribution >= 0.6 is 15.9 Å². The molecule has 2 aromatic carbocycles. The van der Waals surface area contributed by atoms with Gasteiger partial charge in [0.15, 0.2) is 0 Å². The summed E-state index contributed by atoms with van der Waals surface area (Å²) in [6.07, 6.45) is 0.139. The van der Waals surface area contributed by atoms with Gasteiger partial charge in [-0.25, -0.2) is 0 Å². The van der Waals surface area contributed by atoms with Crippen molar-refractivity contribution in [3.8, 4) is 11.5 Å². The minimum absolute atomic E-state index is 0.0694. The lowest BCUT2D eigenvalue weighted by atomic mass is 9.78. The Labute approximate surface area is 210 Å². The largest absolute Gasteiger partial charge is 0.508 e. The van der Waals surface area contributed by atoms with Gasteiger partial charge in [0.1, 0.15) is 23.8 Å². The summed E-state index contributed by atoms with van der Waals surface area (Å²) in [5.41, 5.74) is 1.67. The van der Waals surface area contributed by atoms with Crippen molar-refractivity contribution in [3.63, 3.8) is 0 Å². The molecule has 8 nitrogen and oxygen atoms in total. The van der Waals surface area contributed by atoms with Gasteiger partial charge in [0.05, 0.1) is 0 Å². The van der Waals surface area contributed by atoms with Gasteiger partial charge in [-0.05, 0) is 35.4 Å². The third-order valence-electron chi connectivity index (χ3n) is 4.55. The highest BCUT2D eigenvalue weighted by Crippen LogP contribution is 2.49. The Kier molecular flexibility index (Phi) is 12.3. The van der Waals surface area contributed by atoms with Crippen molar-refractivity contribution in [2.24, 2.45) is 10.8 Å². The predicted molar refractivity (Wildman–Crippen MR) is 144 cm³/mol. The lowest BCUT2D eigenvalue weighted by molar-refractivity contribution is 0.302. The number of hydrogen-bond acceptors (Lipinski definition) is 8. The first-order valence-corrected chi connectivity index (χ1v) is 14.8. The average molecular weight is 535 g/mol. The number of rotatable bonds is 4. The third-order valence-corrected chi connectivity index (χ3v) is 7.30. The summed E-state index contributed by atoms with van der Waals surface area (Å²) in [6, 6.07) is 14.4. The molecule has 2 aromatic rings. The molecule has 2 rings (SSSR count). The summed E-state index contributed by atoms with van der Waals surface area (Å²) in [5.74, 6) is 0.547. The first-order valence-electron chi connectivity index (χ1n) is 11.1. The van der Waals surface area contributed by atoms with Crippen LogP contribution in [0.5, 0.6) is 11.5 Å². The highest BCUT2D eigenvalue weighted by molar-refractivity contribution is 7.58. The Morgan fingerprint density at radius 2 is 0.714 bits per heavy atom. The summed E-state index contributed by atoms with van der Waals surface area (Å²) < 4.78 is 0. The molecule has 0 saturated heterocycles. The maximum Gasteiger partial charge on any atom is 0.404 e. The summed E-state index contributed by atoms with van der Waals surface area (Å²) in [4.78, 5) is 51.5. The van der Waals surface area contributed by atoms with E-state index in [-0.39, 0.29) is 40.1 Å². The number of benzene rings is 2. The zero-order chi connectivity index (χ0) is 27.9. The van der Waals surface area contributed by atoms with Gasteiger partial charge >= 0.3 is 15.9 Å². The quantitative estimate of drug-likeness (QED) is 0.255. The molecule has 0 amide bonds. The molecule has 200 valence electrons. The second kappa shape index (κ2) is 12.8. The Hall–Kier alpha value is -1.34. The molecule has 0 heterocycles. The van der Waals surface area contributed by atoms with E-state index in [1.54, 1.807) is 24.3 Å². The maximum atomic E-state index is 9.30. The van der Waals surface area contributed by atoms with Gasteiger partial charge < -0.3 is 10.2 Å². The Morgan fingerprint density at radius 3 is 0.857 bits per heavy atom. The molecular formula is C25H44O8P2+2. The fourth-order valence-electron chi connectivity index (χ4n) is 3.20. The van der Waals surface area contributed by atoms with E-state index in [0.29, 0.717) is 0 Å². The molecule has 10 heteroatoms. The lowest BCUT2D eigenvalue weighted by Gasteiger charge is -2.26. The highest BCUT2D eigenvalue weighted by atomic mass is 31.2. The maximum absolute atomic E-state index is 9.30. The Bertz CT molecular complexity index is 773. The van der Waals surface area contributed by atoms with E-state index in [1.165, 1.54) is 0 Å². The van der Waals surface area contributed by atoms with Crippen LogP contribution in [-0.4, -0.2) is 51.9 Å². The van der Waals surface area contributed by atoms with Gasteiger partial charge in [0.25, 0.3) is 0 Å². The van der Waals surface area contributed by atoms with Crippen LogP contribution in [0.3, 0.4) is 0 Å². The first kappa shape index (κ1) is 33.7. The van der Waals surface area contributed by atoms with E-state index >= 15 is 0 Å². The summed E-state index contributed by atoms with van der Waals surface area (Å²) >= 11 is 0. The molecular weight excluding hydrogens is 490 g/mol. The van der Waals surface area contributed by atoms with Gasteiger partial charge in [0.2, 0.25) is 0 Å². The van der Waals surface area contributed by atoms with Crippen molar-refractivity contribution in [2.75, 3.05) is 12.3 Å². The van der Waals surface area contributed by atoms with Crippen molar-refractivity contribution < 1.29 is 39.6 Å². The predicted octanol–water partition coefficient (Wildman–Crippen LogP) is 4.97. The first-order chi connectivity index (χ1) is 15.4. The van der Waals surface area contributed by atoms with Gasteiger partial charge in [-0.1, -0.05) is 79.7 Å². The molecule has 0 fully saturated rings. The minimum Gasteiger partial charge on any atom is -0.508 e. The fraction of sp³-hybridized carbons (Fsp3) is 0.520. The second-order valence-corrected chi connectivity index (χ2v) is 14.9. The van der Waals surface area contributed by atoms with Crippen molar-refractivity contribution >= 4 is 15.9 Å². The summed E-state index contributed by atoms with van der Waals surface area (Å²) in [6.45, 7) is 15.3. The van der Waals surface area contributed by atoms with Gasteiger partial charge in [-0.2, -0.15) is 29.4 Å². The lowest BCUT2D eigenvalue weighted by Crippen LogP contribution is -2.18. The molecule has 35 heavy (non-hydrogen) atoms. The van der Waals surface area contributed by atoms with Crippen molar-refractivity contribution in [1.29, 1.82) is 0 Å². The molecule has 0 unspecified atom stereocenters. The number of phenolic OH excluding ortho intramolecular Hbond substituents is 2. The van der Waals surface area contributed by atoms with Crippen LogP contribution in [0.25, 0.3) is 0 Å². The van der Waals surface area contributed by atoms with E-state index in [0.717, 1.165) is 11.1 Å². The van der Waals surface area contributed by atoms with Crippen LogP contribution in [-0.2, 0) is 5.41 Å². The van der Waals surface area contributed by atoms with Crippen LogP contribution in [0.15, 0.2) is 48.5 Å². The minimum atomic E-state index is -3.54. The van der Waals surface area contributed by atoms with Crippen LogP contribution in [0.2, 0.25) is 0 Å². The summed E-state index contributed by atoms with van der Waals surface area (Å²) in [7, 11) is -7.07. The molecule has 0 aliphatic carbocycles. The number of aromatic hydroxyl groups is 2. The molecule has 0 bridgehead atoms. The van der Waals surface area contributed by atoms with E-state index in [1.807, 2.05) is 65.8 Å². The normalized spacial score (nSPS) is 12.7. The zero-order valence-corrected chi connectivity index (χ0v) is 23.8. The molecule has 0 saturated carbocycles. The molecule has 8 N–H and O–H groups in total. The van der Waals surface area contributed by atoms with Crippen LogP contribution < -0.4 is 0 Å². The molecule has 0 atom stereocenters. The van der Waals surface area contributed by atoms with Crippen molar-refractivity contribution in [1.82, 2.24) is 0 Å². The fourth-order valence-corrected chi connectivity index (χ4v) is 5.74. The van der Waals surface area contributed by atoms with Crippen molar-refractivity contribution in [3.05, 3.63) is 59.7 Å². The van der Waals surface area contributed by atoms with Gasteiger partial charge in [0, 0.05) is 16.2 Å². The molecule has 0 aliphatic rings. The molecule has 0 aromatic heterocycles. The molecule has 0 aliphatic heterocycles. The van der Waals surface area contributed by atoms with E-state index < -0.39 is 15.9 Å². The van der Waals surface area contributed by atoms with Crippen LogP contribution in [0.4, 0.5) is 0 Å². The number of hydrogen-bond donors (Lipinski definition) is 8. The average Bonchev–Trinajstić information content (AvgIpc) is 2.57. The monoisotopic (exact) mass is 534 g/mol. The topological polar surface area (TPSA) is 162 Å². The van der Waals surface area contributed by atoms with Crippen LogP contribution in [0.1, 0.15) is 66.5 Å². The Balaban J connectivity index is 0.000000549. The zero-order valence-electron chi connectivity index (χ0n) is 22.0. The standard InChI is InChI=1S/C15H16O2.2C5H14O3P/c1-15(2,11-3-7-13(16)8-4-11)12-5-9-14(17)10-6-12;2*1-5(2,3)4-9(6,7)8/h3-10,16-17H,1-2H3;2*6-8H,4H2,1-3H3/q;2*+1. The van der Waals surface area contributed by atoms with Crippen molar-refractivity contribution in [2.45, 2.75) is 60.8 Å². The van der Waals surface area contributed by atoms with E-state index in [2.05, 4.69) is 13.8 Å².